The molecule has 0 saturated carbocycles. The van der Waals surface area contributed by atoms with E-state index in [9.17, 15) is 13.2 Å². The van der Waals surface area contributed by atoms with Crippen LogP contribution < -0.4 is 5.32 Å². The zero-order valence-corrected chi connectivity index (χ0v) is 10.4. The molecule has 8 heteroatoms. The average molecular weight is 262 g/mol. The zero-order valence-electron chi connectivity index (χ0n) is 9.60. The van der Waals surface area contributed by atoms with E-state index in [0.29, 0.717) is 0 Å². The maximum atomic E-state index is 11.2. The molecule has 0 atom stereocenters. The number of hydrogen-bond acceptors (Lipinski definition) is 7. The highest BCUT2D eigenvalue weighted by Crippen LogP contribution is 2.08. The third kappa shape index (κ3) is 4.85. The molecule has 0 fully saturated rings. The Morgan fingerprint density at radius 2 is 2.29 bits per heavy atom. The highest BCUT2D eigenvalue weighted by atomic mass is 32.2. The molecule has 0 aliphatic carbocycles. The molecule has 1 aromatic rings. The molecule has 1 rings (SSSR count). The number of nitrogens with one attached hydrogen (secondary N) is 1. The van der Waals surface area contributed by atoms with Crippen molar-refractivity contribution in [2.75, 3.05) is 30.5 Å². The molecular formula is C9H14N2O5S. The van der Waals surface area contributed by atoms with Gasteiger partial charge in [-0.2, -0.15) is 4.98 Å². The van der Waals surface area contributed by atoms with Gasteiger partial charge in [0.2, 0.25) is 0 Å². The average Bonchev–Trinajstić information content (AvgIpc) is 2.65. The van der Waals surface area contributed by atoms with Crippen molar-refractivity contribution in [1.82, 2.24) is 4.98 Å². The van der Waals surface area contributed by atoms with Gasteiger partial charge in [0.05, 0.1) is 12.4 Å². The van der Waals surface area contributed by atoms with E-state index in [4.69, 9.17) is 9.15 Å². The van der Waals surface area contributed by atoms with Gasteiger partial charge >= 0.3 is 5.97 Å². The summed E-state index contributed by atoms with van der Waals surface area (Å²) in [5, 5.41) is 2.65. The number of aromatic nitrogens is 1. The molecule has 0 spiro atoms. The van der Waals surface area contributed by atoms with Gasteiger partial charge in [-0.25, -0.2) is 13.2 Å². The smallest absolute Gasteiger partial charge is 0.360 e. The Kier molecular flexibility index (Phi) is 4.50. The van der Waals surface area contributed by atoms with Gasteiger partial charge in [-0.15, -0.1) is 0 Å². The molecule has 96 valence electrons. The second-order valence-electron chi connectivity index (χ2n) is 3.32. The summed E-state index contributed by atoms with van der Waals surface area (Å²) in [5.74, 6) is -0.614. The van der Waals surface area contributed by atoms with Crippen LogP contribution in [-0.2, 0) is 14.6 Å². The highest BCUT2D eigenvalue weighted by molar-refractivity contribution is 7.90. The monoisotopic (exact) mass is 262 g/mol. The van der Waals surface area contributed by atoms with Crippen LogP contribution in [0.5, 0.6) is 0 Å². The fourth-order valence-corrected chi connectivity index (χ4v) is 1.47. The van der Waals surface area contributed by atoms with E-state index in [2.05, 4.69) is 10.3 Å². The molecule has 0 aliphatic heterocycles. The molecule has 1 aromatic heterocycles. The van der Waals surface area contributed by atoms with Crippen LogP contribution >= 0.6 is 0 Å². The van der Waals surface area contributed by atoms with Crippen LogP contribution in [0, 0.1) is 0 Å². The van der Waals surface area contributed by atoms with Gasteiger partial charge in [0.1, 0.15) is 16.1 Å². The first kappa shape index (κ1) is 13.5. The van der Waals surface area contributed by atoms with Crippen LogP contribution in [0.4, 0.5) is 6.01 Å². The quantitative estimate of drug-likeness (QED) is 0.736. The molecular weight excluding hydrogens is 248 g/mol. The number of nitrogens with zero attached hydrogens (tertiary/aromatic N) is 1. The Bertz CT molecular complexity index is 479. The summed E-state index contributed by atoms with van der Waals surface area (Å²) in [6, 6.07) is 0.0942. The molecule has 0 aromatic carbocycles. The Morgan fingerprint density at radius 1 is 1.59 bits per heavy atom. The number of hydrogen-bond donors (Lipinski definition) is 1. The van der Waals surface area contributed by atoms with Crippen molar-refractivity contribution in [3.05, 3.63) is 12.0 Å². The number of anilines is 1. The van der Waals surface area contributed by atoms with Crippen LogP contribution in [0.15, 0.2) is 10.7 Å². The van der Waals surface area contributed by atoms with Crippen molar-refractivity contribution in [2.45, 2.75) is 6.92 Å². The molecule has 0 saturated heterocycles. The predicted octanol–water partition coefficient (Wildman–Crippen LogP) is 0.308. The standard InChI is InChI=1S/C9H14N2O5S/c1-3-15-8(12)7-6-16-9(11-7)10-4-5-17(2,13)14/h6H,3-5H2,1-2H3,(H,10,11). The van der Waals surface area contributed by atoms with Gasteiger partial charge in [0.25, 0.3) is 6.01 Å². The van der Waals surface area contributed by atoms with Crippen LogP contribution in [0.2, 0.25) is 0 Å². The second kappa shape index (κ2) is 5.67. The van der Waals surface area contributed by atoms with E-state index in [-0.39, 0.29) is 30.6 Å². The molecule has 0 bridgehead atoms. The molecule has 1 heterocycles. The van der Waals surface area contributed by atoms with Crippen molar-refractivity contribution in [3.63, 3.8) is 0 Å². The van der Waals surface area contributed by atoms with Crippen molar-refractivity contribution < 1.29 is 22.4 Å². The van der Waals surface area contributed by atoms with Crippen LogP contribution in [0.3, 0.4) is 0 Å². The Balaban J connectivity index is 2.49. The lowest BCUT2D eigenvalue weighted by atomic mass is 10.5. The number of sulfone groups is 1. The number of esters is 1. The summed E-state index contributed by atoms with van der Waals surface area (Å²) in [5.41, 5.74) is 0.0497. The summed E-state index contributed by atoms with van der Waals surface area (Å²) in [6.07, 6.45) is 2.29. The summed E-state index contributed by atoms with van der Waals surface area (Å²) in [4.78, 5) is 15.0. The van der Waals surface area contributed by atoms with E-state index in [1.54, 1.807) is 6.92 Å². The van der Waals surface area contributed by atoms with Crippen LogP contribution in [0.1, 0.15) is 17.4 Å². The number of carbonyl (C=O) groups is 1. The zero-order chi connectivity index (χ0) is 12.9. The van der Waals surface area contributed by atoms with E-state index in [1.807, 2.05) is 0 Å². The first-order chi connectivity index (χ1) is 7.92. The van der Waals surface area contributed by atoms with E-state index >= 15 is 0 Å². The molecule has 0 amide bonds. The lowest BCUT2D eigenvalue weighted by Crippen LogP contribution is -2.14. The predicted molar refractivity (Wildman–Crippen MR) is 60.7 cm³/mol. The Hall–Kier alpha value is -1.57. The molecule has 0 unspecified atom stereocenters. The lowest BCUT2D eigenvalue weighted by molar-refractivity contribution is 0.0519. The maximum Gasteiger partial charge on any atom is 0.360 e. The third-order valence-electron chi connectivity index (χ3n) is 1.74. The summed E-state index contributed by atoms with van der Waals surface area (Å²) in [6.45, 7) is 2.10. The minimum atomic E-state index is -3.04. The fourth-order valence-electron chi connectivity index (χ4n) is 0.997. The van der Waals surface area contributed by atoms with E-state index in [1.165, 1.54) is 0 Å². The molecule has 17 heavy (non-hydrogen) atoms. The Labute approximate surface area is 99.1 Å². The minimum Gasteiger partial charge on any atom is -0.461 e. The SMILES string of the molecule is CCOC(=O)c1coc(NCCS(C)(=O)=O)n1. The normalized spacial score (nSPS) is 11.2. The number of rotatable bonds is 6. The van der Waals surface area contributed by atoms with E-state index in [0.717, 1.165) is 12.5 Å². The Morgan fingerprint density at radius 3 is 2.88 bits per heavy atom. The summed E-state index contributed by atoms with van der Waals surface area (Å²) >= 11 is 0. The van der Waals surface area contributed by atoms with Gasteiger partial charge in [-0.05, 0) is 6.92 Å². The number of oxazole rings is 1. The molecule has 7 nitrogen and oxygen atoms in total. The van der Waals surface area contributed by atoms with E-state index < -0.39 is 15.8 Å². The molecule has 1 N–H and O–H groups in total. The fraction of sp³-hybridized carbons (Fsp3) is 0.556. The minimum absolute atomic E-state index is 0.0376. The van der Waals surface area contributed by atoms with Crippen LogP contribution in [-0.4, -0.2) is 44.5 Å². The van der Waals surface area contributed by atoms with Crippen molar-refractivity contribution >= 4 is 21.8 Å². The van der Waals surface area contributed by atoms with Gasteiger partial charge < -0.3 is 14.5 Å². The molecule has 0 radical (unpaired) electrons. The maximum absolute atomic E-state index is 11.2. The van der Waals surface area contributed by atoms with Crippen molar-refractivity contribution in [1.29, 1.82) is 0 Å². The van der Waals surface area contributed by atoms with Gasteiger partial charge in [0.15, 0.2) is 5.69 Å². The second-order valence-corrected chi connectivity index (χ2v) is 5.57. The van der Waals surface area contributed by atoms with Crippen molar-refractivity contribution in [2.24, 2.45) is 0 Å². The van der Waals surface area contributed by atoms with Gasteiger partial charge in [0, 0.05) is 12.8 Å². The highest BCUT2D eigenvalue weighted by Gasteiger charge is 2.13. The number of carbonyl (C=O) groups excluding carboxylic acids is 1. The topological polar surface area (TPSA) is 98.5 Å². The summed E-state index contributed by atoms with van der Waals surface area (Å²) < 4.78 is 31.4. The van der Waals surface area contributed by atoms with Gasteiger partial charge in [-0.1, -0.05) is 0 Å². The van der Waals surface area contributed by atoms with Crippen molar-refractivity contribution in [3.8, 4) is 0 Å². The van der Waals surface area contributed by atoms with Gasteiger partial charge in [-0.3, -0.25) is 0 Å². The largest absolute Gasteiger partial charge is 0.461 e. The van der Waals surface area contributed by atoms with Crippen LogP contribution in [0.25, 0.3) is 0 Å². The lowest BCUT2D eigenvalue weighted by Gasteiger charge is -1.99. The molecule has 0 aliphatic rings. The summed E-state index contributed by atoms with van der Waals surface area (Å²) in [7, 11) is -3.04. The third-order valence-corrected chi connectivity index (χ3v) is 2.68. The first-order valence-corrected chi connectivity index (χ1v) is 7.02. The first-order valence-electron chi connectivity index (χ1n) is 4.96. The number of ether oxygens (including phenoxy) is 1.